The summed E-state index contributed by atoms with van der Waals surface area (Å²) < 4.78 is 0. The zero-order chi connectivity index (χ0) is 7.11. The van der Waals surface area contributed by atoms with Crippen LogP contribution in [0.1, 0.15) is 13.8 Å². The molecule has 0 aliphatic heterocycles. The average Bonchev–Trinajstić information content (AvgIpc) is 1.91. The molecule has 9 heavy (non-hydrogen) atoms. The van der Waals surface area contributed by atoms with Crippen molar-refractivity contribution in [3.05, 3.63) is 0 Å². The molecule has 2 nitrogen and oxygen atoms in total. The summed E-state index contributed by atoms with van der Waals surface area (Å²) in [6, 6.07) is 2.69. The van der Waals surface area contributed by atoms with E-state index in [-0.39, 0.29) is 0 Å². The van der Waals surface area contributed by atoms with Crippen molar-refractivity contribution in [2.45, 2.75) is 25.9 Å². The minimum Gasteiger partial charge on any atom is -0.338 e. The van der Waals surface area contributed by atoms with E-state index in [1.165, 1.54) is 12.1 Å². The SMILES string of the molecule is CC[SiH](CC)NCCN. The van der Waals surface area contributed by atoms with E-state index < -0.39 is 8.96 Å². The van der Waals surface area contributed by atoms with Crippen LogP contribution < -0.4 is 10.7 Å². The molecule has 0 bridgehead atoms. The van der Waals surface area contributed by atoms with E-state index in [9.17, 15) is 0 Å². The van der Waals surface area contributed by atoms with Crippen LogP contribution in [0.4, 0.5) is 0 Å². The summed E-state index contributed by atoms with van der Waals surface area (Å²) in [6.07, 6.45) is 0. The highest BCUT2D eigenvalue weighted by molar-refractivity contribution is 6.55. The van der Waals surface area contributed by atoms with Gasteiger partial charge in [0.15, 0.2) is 0 Å². The van der Waals surface area contributed by atoms with Gasteiger partial charge in [0.25, 0.3) is 0 Å². The first-order valence-corrected chi connectivity index (χ1v) is 5.99. The van der Waals surface area contributed by atoms with Gasteiger partial charge in [-0.2, -0.15) is 0 Å². The molecule has 0 rings (SSSR count). The second kappa shape index (κ2) is 6.26. The summed E-state index contributed by atoms with van der Waals surface area (Å²) in [7, 11) is -0.540. The third-order valence-electron chi connectivity index (χ3n) is 1.56. The molecule has 0 saturated carbocycles. The van der Waals surface area contributed by atoms with E-state index in [2.05, 4.69) is 18.8 Å². The normalized spacial score (nSPS) is 10.7. The maximum absolute atomic E-state index is 5.35. The van der Waals surface area contributed by atoms with E-state index in [1.54, 1.807) is 0 Å². The van der Waals surface area contributed by atoms with E-state index in [0.717, 1.165) is 13.1 Å². The number of hydrogen-bond donors (Lipinski definition) is 2. The number of hydrogen-bond acceptors (Lipinski definition) is 2. The van der Waals surface area contributed by atoms with Gasteiger partial charge in [-0.25, -0.2) is 0 Å². The maximum Gasteiger partial charge on any atom is 0.108 e. The second-order valence-corrected chi connectivity index (χ2v) is 5.69. The van der Waals surface area contributed by atoms with E-state index >= 15 is 0 Å². The van der Waals surface area contributed by atoms with Crippen molar-refractivity contribution in [1.82, 2.24) is 4.98 Å². The van der Waals surface area contributed by atoms with E-state index in [4.69, 9.17) is 5.73 Å². The number of nitrogens with one attached hydrogen (secondary N) is 1. The van der Waals surface area contributed by atoms with Crippen molar-refractivity contribution < 1.29 is 0 Å². The largest absolute Gasteiger partial charge is 0.338 e. The molecular formula is C6H18N2Si. The van der Waals surface area contributed by atoms with Gasteiger partial charge in [-0.05, 0) is 12.1 Å². The molecular weight excluding hydrogens is 128 g/mol. The summed E-state index contributed by atoms with van der Waals surface area (Å²) >= 11 is 0. The molecule has 0 heterocycles. The monoisotopic (exact) mass is 146 g/mol. The number of rotatable bonds is 5. The molecule has 0 fully saturated rings. The van der Waals surface area contributed by atoms with Crippen molar-refractivity contribution in [3.8, 4) is 0 Å². The minimum atomic E-state index is -0.540. The molecule has 0 spiro atoms. The van der Waals surface area contributed by atoms with Gasteiger partial charge in [0.05, 0.1) is 0 Å². The van der Waals surface area contributed by atoms with Gasteiger partial charge in [-0.3, -0.25) is 0 Å². The van der Waals surface area contributed by atoms with Crippen LogP contribution in [-0.2, 0) is 0 Å². The molecule has 0 amide bonds. The summed E-state index contributed by atoms with van der Waals surface area (Å²) in [6.45, 7) is 6.30. The first kappa shape index (κ1) is 9.14. The Morgan fingerprint density at radius 2 is 1.89 bits per heavy atom. The van der Waals surface area contributed by atoms with E-state index in [1.807, 2.05) is 0 Å². The summed E-state index contributed by atoms with van der Waals surface area (Å²) in [4.78, 5) is 3.48. The standard InChI is InChI=1S/C6H18N2Si/c1-3-9(4-2)8-6-5-7/h8-9H,3-7H2,1-2H3. The van der Waals surface area contributed by atoms with Gasteiger partial charge in [0.2, 0.25) is 0 Å². The summed E-state index contributed by atoms with van der Waals surface area (Å²) in [5, 5.41) is 0. The Kier molecular flexibility index (Phi) is 6.35. The van der Waals surface area contributed by atoms with Gasteiger partial charge < -0.3 is 10.7 Å². The van der Waals surface area contributed by atoms with Crippen LogP contribution in [0.2, 0.25) is 12.1 Å². The van der Waals surface area contributed by atoms with Crippen LogP contribution in [-0.4, -0.2) is 22.0 Å². The summed E-state index contributed by atoms with van der Waals surface area (Å²) in [5.41, 5.74) is 5.35. The average molecular weight is 146 g/mol. The fourth-order valence-electron chi connectivity index (χ4n) is 0.865. The lowest BCUT2D eigenvalue weighted by Gasteiger charge is -2.10. The molecule has 0 atom stereocenters. The van der Waals surface area contributed by atoms with Crippen LogP contribution in [0, 0.1) is 0 Å². The highest BCUT2D eigenvalue weighted by Gasteiger charge is 2.01. The zero-order valence-corrected chi connectivity index (χ0v) is 7.64. The highest BCUT2D eigenvalue weighted by atomic mass is 28.3. The highest BCUT2D eigenvalue weighted by Crippen LogP contribution is 1.91. The van der Waals surface area contributed by atoms with Crippen LogP contribution in [0.25, 0.3) is 0 Å². The first-order chi connectivity index (χ1) is 4.35. The Bertz CT molecular complexity index is 55.0. The molecule has 0 aromatic heterocycles. The predicted molar refractivity (Wildman–Crippen MR) is 45.2 cm³/mol. The lowest BCUT2D eigenvalue weighted by atomic mass is 10.7. The lowest BCUT2D eigenvalue weighted by molar-refractivity contribution is 0.876. The van der Waals surface area contributed by atoms with Crippen molar-refractivity contribution >= 4 is 8.96 Å². The molecule has 0 unspecified atom stereocenters. The summed E-state index contributed by atoms with van der Waals surface area (Å²) in [5.74, 6) is 0. The van der Waals surface area contributed by atoms with Crippen molar-refractivity contribution in [1.29, 1.82) is 0 Å². The quantitative estimate of drug-likeness (QED) is 0.547. The third kappa shape index (κ3) is 4.63. The molecule has 0 aliphatic rings. The molecule has 0 aliphatic carbocycles. The minimum absolute atomic E-state index is 0.540. The smallest absolute Gasteiger partial charge is 0.108 e. The van der Waals surface area contributed by atoms with Crippen molar-refractivity contribution in [2.75, 3.05) is 13.1 Å². The van der Waals surface area contributed by atoms with E-state index in [0.29, 0.717) is 0 Å². The third-order valence-corrected chi connectivity index (χ3v) is 4.40. The van der Waals surface area contributed by atoms with Crippen molar-refractivity contribution in [3.63, 3.8) is 0 Å². The van der Waals surface area contributed by atoms with Gasteiger partial charge in [-0.15, -0.1) is 0 Å². The Balaban J connectivity index is 3.09. The Labute approximate surface area is 59.5 Å². The zero-order valence-electron chi connectivity index (χ0n) is 6.48. The van der Waals surface area contributed by atoms with Gasteiger partial charge >= 0.3 is 0 Å². The predicted octanol–water partition coefficient (Wildman–Crippen LogP) is 0.298. The van der Waals surface area contributed by atoms with Crippen molar-refractivity contribution in [2.24, 2.45) is 5.73 Å². The maximum atomic E-state index is 5.35. The fraction of sp³-hybridized carbons (Fsp3) is 1.00. The van der Waals surface area contributed by atoms with Gasteiger partial charge in [0, 0.05) is 13.1 Å². The Hall–Kier alpha value is 0.137. The number of nitrogens with two attached hydrogens (primary N) is 1. The van der Waals surface area contributed by atoms with Crippen LogP contribution in [0.15, 0.2) is 0 Å². The van der Waals surface area contributed by atoms with Crippen LogP contribution in [0.5, 0.6) is 0 Å². The fourth-order valence-corrected chi connectivity index (χ4v) is 2.59. The molecule has 0 aromatic carbocycles. The molecule has 0 radical (unpaired) electrons. The van der Waals surface area contributed by atoms with Gasteiger partial charge in [-0.1, -0.05) is 13.8 Å². The molecule has 56 valence electrons. The molecule has 0 saturated heterocycles. The molecule has 3 N–H and O–H groups in total. The topological polar surface area (TPSA) is 38.0 Å². The second-order valence-electron chi connectivity index (χ2n) is 2.26. The lowest BCUT2D eigenvalue weighted by Crippen LogP contribution is -2.35. The van der Waals surface area contributed by atoms with Gasteiger partial charge in [0.1, 0.15) is 8.96 Å². The van der Waals surface area contributed by atoms with Crippen LogP contribution >= 0.6 is 0 Å². The molecule has 3 heteroatoms. The Morgan fingerprint density at radius 3 is 2.22 bits per heavy atom. The van der Waals surface area contributed by atoms with Crippen LogP contribution in [0.3, 0.4) is 0 Å². The first-order valence-electron chi connectivity index (χ1n) is 3.78. The Morgan fingerprint density at radius 1 is 1.33 bits per heavy atom. The molecule has 0 aromatic rings.